The number of hydrogen-bond acceptors (Lipinski definition) is 5. The molecule has 0 saturated heterocycles. The van der Waals surface area contributed by atoms with Crippen molar-refractivity contribution >= 4 is 17.5 Å². The summed E-state index contributed by atoms with van der Waals surface area (Å²) in [7, 11) is 1.52. The molecule has 0 aliphatic rings. The number of nitrogens with zero attached hydrogens (tertiary/aromatic N) is 1. The van der Waals surface area contributed by atoms with Crippen LogP contribution < -0.4 is 15.4 Å². The Kier molecular flexibility index (Phi) is 5.10. The maximum Gasteiger partial charge on any atom is 0.270 e. The summed E-state index contributed by atoms with van der Waals surface area (Å²) in [4.78, 5) is 30.3. The standard InChI is InChI=1S/C14H16N4O4/c1-22-10-4-2-3-9(5-10)17-14(21)12(7-19)18-13(20)11-6-15-8-16-11/h2-6,8,12,19H,7H2,1H3,(H,15,16)(H,17,21)(H,18,20)/t12-/m0/s1. The molecular formula is C14H16N4O4. The van der Waals surface area contributed by atoms with Gasteiger partial charge in [0.1, 0.15) is 17.5 Å². The topological polar surface area (TPSA) is 116 Å². The summed E-state index contributed by atoms with van der Waals surface area (Å²) in [5.41, 5.74) is 0.700. The monoisotopic (exact) mass is 304 g/mol. The third-order valence-electron chi connectivity index (χ3n) is 2.88. The molecule has 8 heteroatoms. The van der Waals surface area contributed by atoms with Gasteiger partial charge in [-0.15, -0.1) is 0 Å². The predicted molar refractivity (Wildman–Crippen MR) is 78.6 cm³/mol. The zero-order valence-electron chi connectivity index (χ0n) is 11.9. The molecule has 0 radical (unpaired) electrons. The second-order valence-corrected chi connectivity index (χ2v) is 4.40. The van der Waals surface area contributed by atoms with E-state index in [0.29, 0.717) is 11.4 Å². The molecule has 0 aliphatic carbocycles. The van der Waals surface area contributed by atoms with Crippen LogP contribution in [0, 0.1) is 0 Å². The highest BCUT2D eigenvalue weighted by molar-refractivity contribution is 6.00. The van der Waals surface area contributed by atoms with E-state index < -0.39 is 24.5 Å². The fourth-order valence-electron chi connectivity index (χ4n) is 1.74. The van der Waals surface area contributed by atoms with Crippen LogP contribution >= 0.6 is 0 Å². The number of aliphatic hydroxyl groups excluding tert-OH is 1. The molecule has 0 bridgehead atoms. The highest BCUT2D eigenvalue weighted by atomic mass is 16.5. The Bertz CT molecular complexity index is 642. The summed E-state index contributed by atoms with van der Waals surface area (Å²) in [5.74, 6) is -0.485. The van der Waals surface area contributed by atoms with Gasteiger partial charge in [0.05, 0.1) is 26.2 Å². The Morgan fingerprint density at radius 3 is 2.91 bits per heavy atom. The number of benzene rings is 1. The van der Waals surface area contributed by atoms with E-state index in [1.54, 1.807) is 24.3 Å². The first-order chi connectivity index (χ1) is 10.6. The van der Waals surface area contributed by atoms with Crippen molar-refractivity contribution in [1.82, 2.24) is 15.3 Å². The van der Waals surface area contributed by atoms with E-state index in [1.165, 1.54) is 19.6 Å². The number of imidazole rings is 1. The number of aliphatic hydroxyl groups is 1. The van der Waals surface area contributed by atoms with Gasteiger partial charge in [0.15, 0.2) is 0 Å². The van der Waals surface area contributed by atoms with Crippen LogP contribution in [0.25, 0.3) is 0 Å². The van der Waals surface area contributed by atoms with Crippen LogP contribution in [-0.4, -0.2) is 46.6 Å². The molecule has 116 valence electrons. The Morgan fingerprint density at radius 1 is 1.45 bits per heavy atom. The number of rotatable bonds is 6. The lowest BCUT2D eigenvalue weighted by atomic mass is 10.2. The maximum absolute atomic E-state index is 12.1. The average Bonchev–Trinajstić information content (AvgIpc) is 3.07. The molecule has 4 N–H and O–H groups in total. The van der Waals surface area contributed by atoms with Gasteiger partial charge < -0.3 is 25.5 Å². The fourth-order valence-corrected chi connectivity index (χ4v) is 1.74. The summed E-state index contributed by atoms with van der Waals surface area (Å²) in [6.45, 7) is -0.532. The van der Waals surface area contributed by atoms with Gasteiger partial charge in [-0.05, 0) is 12.1 Å². The number of aromatic amines is 1. The summed E-state index contributed by atoms with van der Waals surface area (Å²) in [5, 5.41) is 14.3. The SMILES string of the molecule is COc1cccc(NC(=O)[C@H](CO)NC(=O)c2cnc[nH]2)c1. The molecule has 1 heterocycles. The van der Waals surface area contributed by atoms with Crippen molar-refractivity contribution in [3.8, 4) is 5.75 Å². The molecule has 1 aromatic carbocycles. The molecule has 2 rings (SSSR count). The van der Waals surface area contributed by atoms with Gasteiger partial charge in [-0.2, -0.15) is 0 Å². The van der Waals surface area contributed by atoms with Crippen molar-refractivity contribution in [3.05, 3.63) is 42.5 Å². The zero-order chi connectivity index (χ0) is 15.9. The quantitative estimate of drug-likeness (QED) is 0.606. The number of methoxy groups -OCH3 is 1. The minimum Gasteiger partial charge on any atom is -0.497 e. The van der Waals surface area contributed by atoms with Crippen LogP contribution in [0.5, 0.6) is 5.75 Å². The number of H-pyrrole nitrogens is 1. The normalized spacial score (nSPS) is 11.5. The maximum atomic E-state index is 12.1. The van der Waals surface area contributed by atoms with Crippen molar-refractivity contribution < 1.29 is 19.4 Å². The molecule has 2 amide bonds. The number of carbonyl (C=O) groups is 2. The lowest BCUT2D eigenvalue weighted by Gasteiger charge is -2.16. The second kappa shape index (κ2) is 7.23. The van der Waals surface area contributed by atoms with Crippen LogP contribution in [0.15, 0.2) is 36.8 Å². The Morgan fingerprint density at radius 2 is 2.27 bits per heavy atom. The Balaban J connectivity index is 2.00. The van der Waals surface area contributed by atoms with Crippen LogP contribution in [0.3, 0.4) is 0 Å². The highest BCUT2D eigenvalue weighted by Crippen LogP contribution is 2.16. The first-order valence-electron chi connectivity index (χ1n) is 6.49. The lowest BCUT2D eigenvalue weighted by Crippen LogP contribution is -2.46. The van der Waals surface area contributed by atoms with E-state index in [2.05, 4.69) is 20.6 Å². The second-order valence-electron chi connectivity index (χ2n) is 4.40. The first kappa shape index (κ1) is 15.5. The van der Waals surface area contributed by atoms with Crippen molar-refractivity contribution in [2.45, 2.75) is 6.04 Å². The van der Waals surface area contributed by atoms with Gasteiger partial charge in [0.2, 0.25) is 5.91 Å². The third-order valence-corrected chi connectivity index (χ3v) is 2.88. The molecule has 0 saturated carbocycles. The van der Waals surface area contributed by atoms with Crippen molar-refractivity contribution in [3.63, 3.8) is 0 Å². The molecule has 0 spiro atoms. The molecule has 8 nitrogen and oxygen atoms in total. The minimum atomic E-state index is -1.08. The van der Waals surface area contributed by atoms with E-state index in [-0.39, 0.29) is 5.69 Å². The highest BCUT2D eigenvalue weighted by Gasteiger charge is 2.21. The predicted octanol–water partition coefficient (Wildman–Crippen LogP) is 0.148. The van der Waals surface area contributed by atoms with E-state index in [1.807, 2.05) is 0 Å². The van der Waals surface area contributed by atoms with Crippen LogP contribution in [0.1, 0.15) is 10.5 Å². The van der Waals surface area contributed by atoms with Crippen LogP contribution in [0.4, 0.5) is 5.69 Å². The van der Waals surface area contributed by atoms with E-state index >= 15 is 0 Å². The number of anilines is 1. The minimum absolute atomic E-state index is 0.202. The molecule has 1 aromatic heterocycles. The fraction of sp³-hybridized carbons (Fsp3) is 0.214. The molecule has 0 unspecified atom stereocenters. The smallest absolute Gasteiger partial charge is 0.270 e. The van der Waals surface area contributed by atoms with Gasteiger partial charge in [0.25, 0.3) is 5.91 Å². The van der Waals surface area contributed by atoms with Crippen molar-refractivity contribution in [2.24, 2.45) is 0 Å². The summed E-state index contributed by atoms with van der Waals surface area (Å²) in [6, 6.07) is 5.67. The van der Waals surface area contributed by atoms with E-state index in [0.717, 1.165) is 0 Å². The zero-order valence-corrected chi connectivity index (χ0v) is 11.9. The number of nitrogens with one attached hydrogen (secondary N) is 3. The lowest BCUT2D eigenvalue weighted by molar-refractivity contribution is -0.118. The third kappa shape index (κ3) is 3.83. The molecule has 0 aliphatic heterocycles. The average molecular weight is 304 g/mol. The van der Waals surface area contributed by atoms with Gasteiger partial charge in [-0.25, -0.2) is 4.98 Å². The number of carbonyl (C=O) groups excluding carboxylic acids is 2. The van der Waals surface area contributed by atoms with Gasteiger partial charge in [0, 0.05) is 11.8 Å². The number of amides is 2. The van der Waals surface area contributed by atoms with E-state index in [9.17, 15) is 14.7 Å². The van der Waals surface area contributed by atoms with Gasteiger partial charge in [-0.1, -0.05) is 6.07 Å². The Hall–Kier alpha value is -2.87. The van der Waals surface area contributed by atoms with Gasteiger partial charge >= 0.3 is 0 Å². The molecule has 22 heavy (non-hydrogen) atoms. The first-order valence-corrected chi connectivity index (χ1v) is 6.49. The molecule has 1 atom stereocenters. The van der Waals surface area contributed by atoms with Crippen LogP contribution in [0.2, 0.25) is 0 Å². The largest absolute Gasteiger partial charge is 0.497 e. The number of aromatic nitrogens is 2. The van der Waals surface area contributed by atoms with Crippen molar-refractivity contribution in [1.29, 1.82) is 0 Å². The van der Waals surface area contributed by atoms with Crippen LogP contribution in [-0.2, 0) is 4.79 Å². The van der Waals surface area contributed by atoms with E-state index in [4.69, 9.17) is 4.74 Å². The molecular weight excluding hydrogens is 288 g/mol. The molecule has 0 fully saturated rings. The summed E-state index contributed by atoms with van der Waals surface area (Å²) < 4.78 is 5.06. The number of ether oxygens (including phenoxy) is 1. The Labute approximate surface area is 126 Å². The molecule has 2 aromatic rings. The van der Waals surface area contributed by atoms with Gasteiger partial charge in [-0.3, -0.25) is 9.59 Å². The summed E-state index contributed by atoms with van der Waals surface area (Å²) >= 11 is 0. The van der Waals surface area contributed by atoms with Crippen molar-refractivity contribution in [2.75, 3.05) is 19.0 Å². The number of hydrogen-bond donors (Lipinski definition) is 4. The summed E-state index contributed by atoms with van der Waals surface area (Å²) in [6.07, 6.45) is 2.67.